The van der Waals surface area contributed by atoms with Crippen LogP contribution < -0.4 is 24.2 Å². The summed E-state index contributed by atoms with van der Waals surface area (Å²) < 4.78 is 15.9. The molecule has 1 saturated heterocycles. The minimum atomic E-state index is -1.34. The van der Waals surface area contributed by atoms with Crippen molar-refractivity contribution in [2.45, 2.75) is 6.92 Å². The molecule has 0 aromatic heterocycles. The second kappa shape index (κ2) is 9.48. The number of ether oxygens (including phenoxy) is 3. The van der Waals surface area contributed by atoms with Gasteiger partial charge in [0, 0.05) is 7.05 Å². The molecule has 0 unspecified atom stereocenters. The van der Waals surface area contributed by atoms with Gasteiger partial charge in [-0.15, -0.1) is 0 Å². The second-order valence-corrected chi connectivity index (χ2v) is 6.87. The fraction of sp³-hybridized carbons (Fsp3) is 0.227. The Hall–Kier alpha value is -3.59. The van der Waals surface area contributed by atoms with Gasteiger partial charge in [0.15, 0.2) is 16.6 Å². The molecule has 3 rings (SSSR count). The Bertz CT molecular complexity index is 1030. The van der Waals surface area contributed by atoms with Gasteiger partial charge < -0.3 is 29.0 Å². The standard InChI is InChI=1S/C22H22N2O6S/c1-4-29-16-8-6-15(7-9-16)24-21(27)17(23(2)22(24)31)11-14-5-10-18(19(12-14)28-3)30-13-20(25)26/h5-12H,4,13H2,1-3H3,(H,25,26)/p-1. The monoisotopic (exact) mass is 441 g/mol. The Morgan fingerprint density at radius 1 is 1.13 bits per heavy atom. The molecule has 1 aliphatic rings. The van der Waals surface area contributed by atoms with Crippen molar-refractivity contribution in [2.24, 2.45) is 0 Å². The number of carboxylic acids is 1. The van der Waals surface area contributed by atoms with Gasteiger partial charge in [-0.3, -0.25) is 9.69 Å². The molecule has 2 aromatic rings. The molecule has 1 fully saturated rings. The topological polar surface area (TPSA) is 91.4 Å². The summed E-state index contributed by atoms with van der Waals surface area (Å²) in [4.78, 5) is 26.8. The number of nitrogens with zero attached hydrogens (tertiary/aromatic N) is 2. The van der Waals surface area contributed by atoms with Gasteiger partial charge in [-0.2, -0.15) is 0 Å². The number of thiocarbonyl (C=S) groups is 1. The SMILES string of the molecule is CCOc1ccc(N2C(=O)C(=Cc3ccc(OCC(=O)[O-])c(OC)c3)N(C)C2=S)cc1. The van der Waals surface area contributed by atoms with Crippen molar-refractivity contribution in [2.75, 3.05) is 32.3 Å². The number of benzene rings is 2. The van der Waals surface area contributed by atoms with Crippen molar-refractivity contribution in [1.82, 2.24) is 4.90 Å². The molecule has 2 aromatic carbocycles. The zero-order valence-electron chi connectivity index (χ0n) is 17.3. The summed E-state index contributed by atoms with van der Waals surface area (Å²) in [6.07, 6.45) is 1.67. The lowest BCUT2D eigenvalue weighted by atomic mass is 10.1. The number of amides is 1. The number of hydrogen-bond donors (Lipinski definition) is 0. The van der Waals surface area contributed by atoms with Crippen LogP contribution in [0, 0.1) is 0 Å². The van der Waals surface area contributed by atoms with Gasteiger partial charge >= 0.3 is 0 Å². The number of carbonyl (C=O) groups is 2. The molecule has 8 nitrogen and oxygen atoms in total. The van der Waals surface area contributed by atoms with Gasteiger partial charge in [0.05, 0.1) is 25.4 Å². The lowest BCUT2D eigenvalue weighted by molar-refractivity contribution is -0.307. The summed E-state index contributed by atoms with van der Waals surface area (Å²) in [6.45, 7) is 1.86. The number of methoxy groups -OCH3 is 1. The summed E-state index contributed by atoms with van der Waals surface area (Å²) >= 11 is 5.48. The zero-order valence-corrected chi connectivity index (χ0v) is 18.1. The van der Waals surface area contributed by atoms with Crippen LogP contribution in [0.25, 0.3) is 6.08 Å². The van der Waals surface area contributed by atoms with E-state index >= 15 is 0 Å². The Morgan fingerprint density at radius 3 is 2.45 bits per heavy atom. The lowest BCUT2D eigenvalue weighted by Gasteiger charge is -2.16. The summed E-state index contributed by atoms with van der Waals surface area (Å²) in [5.41, 5.74) is 1.67. The van der Waals surface area contributed by atoms with Crippen LogP contribution in [0.1, 0.15) is 12.5 Å². The van der Waals surface area contributed by atoms with Crippen LogP contribution in [-0.2, 0) is 9.59 Å². The first-order chi connectivity index (χ1) is 14.8. The van der Waals surface area contributed by atoms with Gasteiger partial charge in [0.1, 0.15) is 18.1 Å². The quantitative estimate of drug-likeness (QED) is 0.453. The van der Waals surface area contributed by atoms with Crippen LogP contribution in [0.4, 0.5) is 5.69 Å². The van der Waals surface area contributed by atoms with Crippen LogP contribution in [-0.4, -0.2) is 49.3 Å². The predicted molar refractivity (Wildman–Crippen MR) is 117 cm³/mol. The first-order valence-electron chi connectivity index (χ1n) is 9.43. The molecule has 31 heavy (non-hydrogen) atoms. The minimum absolute atomic E-state index is 0.256. The van der Waals surface area contributed by atoms with E-state index in [1.165, 1.54) is 12.0 Å². The Kier molecular flexibility index (Phi) is 6.76. The highest BCUT2D eigenvalue weighted by atomic mass is 32.1. The largest absolute Gasteiger partial charge is 0.546 e. The van der Waals surface area contributed by atoms with Crippen LogP contribution in [0.3, 0.4) is 0 Å². The number of hydrogen-bond acceptors (Lipinski definition) is 7. The van der Waals surface area contributed by atoms with Crippen LogP contribution in [0.5, 0.6) is 17.2 Å². The van der Waals surface area contributed by atoms with E-state index in [2.05, 4.69) is 0 Å². The molecule has 9 heteroatoms. The Morgan fingerprint density at radius 2 is 1.84 bits per heavy atom. The van der Waals surface area contributed by atoms with Gasteiger partial charge in [0.25, 0.3) is 5.91 Å². The van der Waals surface area contributed by atoms with E-state index < -0.39 is 12.6 Å². The van der Waals surface area contributed by atoms with E-state index in [-0.39, 0.29) is 11.7 Å². The smallest absolute Gasteiger partial charge is 0.281 e. The maximum atomic E-state index is 13.1. The van der Waals surface area contributed by atoms with Crippen molar-refractivity contribution in [3.05, 3.63) is 53.7 Å². The molecule has 0 atom stereocenters. The van der Waals surface area contributed by atoms with E-state index in [0.29, 0.717) is 40.2 Å². The highest BCUT2D eigenvalue weighted by molar-refractivity contribution is 7.80. The second-order valence-electron chi connectivity index (χ2n) is 6.51. The third kappa shape index (κ3) is 4.77. The summed E-state index contributed by atoms with van der Waals surface area (Å²) in [7, 11) is 3.16. The van der Waals surface area contributed by atoms with E-state index in [1.54, 1.807) is 60.5 Å². The third-order valence-corrected chi connectivity index (χ3v) is 4.96. The maximum Gasteiger partial charge on any atom is 0.281 e. The minimum Gasteiger partial charge on any atom is -0.546 e. The van der Waals surface area contributed by atoms with Gasteiger partial charge in [-0.1, -0.05) is 6.07 Å². The highest BCUT2D eigenvalue weighted by Gasteiger charge is 2.36. The first kappa shape index (κ1) is 22.1. The number of anilines is 1. The molecular formula is C22H21N2O6S-. The molecule has 0 bridgehead atoms. The molecule has 0 spiro atoms. The average Bonchev–Trinajstić information content (AvgIpc) is 2.96. The summed E-state index contributed by atoms with van der Waals surface area (Å²) in [5, 5.41) is 11.0. The zero-order chi connectivity index (χ0) is 22.5. The Labute approximate surface area is 185 Å². The van der Waals surface area contributed by atoms with Crippen molar-refractivity contribution < 1.29 is 28.9 Å². The molecule has 1 heterocycles. The summed E-state index contributed by atoms with van der Waals surface area (Å²) in [5.74, 6) is -0.315. The van der Waals surface area contributed by atoms with E-state index in [0.717, 1.165) is 0 Å². The van der Waals surface area contributed by atoms with Crippen molar-refractivity contribution in [3.8, 4) is 17.2 Å². The molecule has 162 valence electrons. The molecule has 0 N–H and O–H groups in total. The third-order valence-electron chi connectivity index (χ3n) is 4.50. The van der Waals surface area contributed by atoms with Gasteiger partial charge in [0.2, 0.25) is 0 Å². The van der Waals surface area contributed by atoms with Crippen molar-refractivity contribution in [1.29, 1.82) is 0 Å². The van der Waals surface area contributed by atoms with Gasteiger partial charge in [-0.05, 0) is 67.2 Å². The highest BCUT2D eigenvalue weighted by Crippen LogP contribution is 2.32. The normalized spacial score (nSPS) is 14.9. The lowest BCUT2D eigenvalue weighted by Crippen LogP contribution is -2.31. The maximum absolute atomic E-state index is 13.1. The number of aliphatic carboxylic acids is 1. The Balaban J connectivity index is 1.87. The molecular weight excluding hydrogens is 420 g/mol. The predicted octanol–water partition coefficient (Wildman–Crippen LogP) is 1.83. The number of rotatable bonds is 8. The fourth-order valence-electron chi connectivity index (χ4n) is 3.03. The van der Waals surface area contributed by atoms with E-state index in [1.807, 2.05) is 6.92 Å². The van der Waals surface area contributed by atoms with E-state index in [9.17, 15) is 14.7 Å². The van der Waals surface area contributed by atoms with Gasteiger partial charge in [-0.25, -0.2) is 0 Å². The first-order valence-corrected chi connectivity index (χ1v) is 9.84. The average molecular weight is 441 g/mol. The van der Waals surface area contributed by atoms with E-state index in [4.69, 9.17) is 26.4 Å². The van der Waals surface area contributed by atoms with Crippen molar-refractivity contribution in [3.63, 3.8) is 0 Å². The molecule has 0 aliphatic carbocycles. The van der Waals surface area contributed by atoms with Crippen molar-refractivity contribution >= 4 is 41.0 Å². The number of carboxylic acid groups (broad SMARTS) is 1. The number of likely N-dealkylation sites (N-methyl/N-ethyl adjacent to an activating group) is 1. The fourth-order valence-corrected chi connectivity index (χ4v) is 3.32. The molecule has 0 radical (unpaired) electrons. The van der Waals surface area contributed by atoms with Crippen LogP contribution >= 0.6 is 12.2 Å². The molecule has 1 aliphatic heterocycles. The van der Waals surface area contributed by atoms with Crippen LogP contribution in [0.2, 0.25) is 0 Å². The van der Waals surface area contributed by atoms with Crippen LogP contribution in [0.15, 0.2) is 48.2 Å². The molecule has 0 saturated carbocycles. The molecule has 1 amide bonds. The summed E-state index contributed by atoms with van der Waals surface area (Å²) in [6, 6.07) is 12.0. The number of carbonyl (C=O) groups excluding carboxylic acids is 2.